The monoisotopic (exact) mass is 186 g/mol. The minimum absolute atomic E-state index is 0.547. The topological polar surface area (TPSA) is 90.9 Å². The van der Waals surface area contributed by atoms with Crippen LogP contribution in [0.25, 0.3) is 0 Å². The minimum Gasteiger partial charge on any atom is -0.378 e. The number of hydrogen-bond acceptors (Lipinski definition) is 6. The highest BCUT2D eigenvalue weighted by molar-refractivity contribution is 5.20. The van der Waals surface area contributed by atoms with Gasteiger partial charge in [0.2, 0.25) is 5.95 Å². The Hall–Kier alpha value is -1.21. The summed E-state index contributed by atoms with van der Waals surface area (Å²) in [6, 6.07) is 0. The molecule has 0 bridgehead atoms. The third-order valence-electron chi connectivity index (χ3n) is 1.41. The number of nitrogens with zero attached hydrogens (tertiary/aromatic N) is 4. The number of aromatic nitrogens is 4. The van der Waals surface area contributed by atoms with Crippen molar-refractivity contribution in [3.8, 4) is 0 Å². The Kier molecular flexibility index (Phi) is 4.13. The second-order valence-electron chi connectivity index (χ2n) is 2.45. The average molecular weight is 186 g/mol. The fraction of sp³-hybridized carbons (Fsp3) is 0.833. The van der Waals surface area contributed by atoms with E-state index in [4.69, 9.17) is 10.5 Å². The minimum atomic E-state index is 0.547. The van der Waals surface area contributed by atoms with Gasteiger partial charge in [0.1, 0.15) is 0 Å². The molecule has 0 aliphatic carbocycles. The van der Waals surface area contributed by atoms with Gasteiger partial charge in [-0.3, -0.25) is 0 Å². The third-order valence-corrected chi connectivity index (χ3v) is 1.41. The summed E-state index contributed by atoms with van der Waals surface area (Å²) in [4.78, 5) is 0. The quantitative estimate of drug-likeness (QED) is 0.531. The lowest BCUT2D eigenvalue weighted by Crippen LogP contribution is -2.16. The maximum atomic E-state index is 5.25. The van der Waals surface area contributed by atoms with E-state index in [2.05, 4.69) is 20.8 Å². The van der Waals surface area contributed by atoms with Gasteiger partial charge in [-0.2, -0.15) is 0 Å². The smallest absolute Gasteiger partial charge is 0.242 e. The van der Waals surface area contributed by atoms with Crippen LogP contribution in [-0.2, 0) is 11.8 Å². The zero-order valence-corrected chi connectivity index (χ0v) is 7.60. The van der Waals surface area contributed by atoms with Crippen molar-refractivity contribution in [3.63, 3.8) is 0 Å². The van der Waals surface area contributed by atoms with Crippen LogP contribution in [0.1, 0.15) is 0 Å². The third kappa shape index (κ3) is 3.34. The molecule has 74 valence electrons. The SMILES string of the molecule is Cn1nnnc1NCCOCCN. The summed E-state index contributed by atoms with van der Waals surface area (Å²) in [7, 11) is 1.77. The van der Waals surface area contributed by atoms with E-state index < -0.39 is 0 Å². The highest BCUT2D eigenvalue weighted by Crippen LogP contribution is 1.93. The van der Waals surface area contributed by atoms with Gasteiger partial charge < -0.3 is 15.8 Å². The van der Waals surface area contributed by atoms with E-state index in [0.29, 0.717) is 32.3 Å². The van der Waals surface area contributed by atoms with Crippen molar-refractivity contribution in [1.82, 2.24) is 20.2 Å². The molecule has 0 spiro atoms. The summed E-state index contributed by atoms with van der Waals surface area (Å²) in [6.45, 7) is 2.41. The molecule has 1 heterocycles. The van der Waals surface area contributed by atoms with Crippen molar-refractivity contribution in [2.45, 2.75) is 0 Å². The molecule has 0 saturated heterocycles. The molecule has 0 amide bonds. The number of tetrazole rings is 1. The first-order valence-corrected chi connectivity index (χ1v) is 4.08. The molecule has 0 fully saturated rings. The van der Waals surface area contributed by atoms with Crippen LogP contribution in [0.2, 0.25) is 0 Å². The first kappa shape index (κ1) is 9.87. The molecule has 0 radical (unpaired) electrons. The molecule has 0 aliphatic heterocycles. The van der Waals surface area contributed by atoms with Crippen molar-refractivity contribution >= 4 is 5.95 Å². The number of aryl methyl sites for hydroxylation is 1. The van der Waals surface area contributed by atoms with E-state index in [1.54, 1.807) is 11.7 Å². The fourth-order valence-electron chi connectivity index (χ4n) is 0.800. The van der Waals surface area contributed by atoms with Crippen LogP contribution < -0.4 is 11.1 Å². The van der Waals surface area contributed by atoms with E-state index in [1.807, 2.05) is 0 Å². The average Bonchev–Trinajstić information content (AvgIpc) is 2.52. The summed E-state index contributed by atoms with van der Waals surface area (Å²) in [6.07, 6.45) is 0. The first-order valence-electron chi connectivity index (χ1n) is 4.08. The van der Waals surface area contributed by atoms with Crippen LogP contribution >= 0.6 is 0 Å². The van der Waals surface area contributed by atoms with Crippen LogP contribution in [0.15, 0.2) is 0 Å². The lowest BCUT2D eigenvalue weighted by Gasteiger charge is -2.03. The molecule has 0 unspecified atom stereocenters. The summed E-state index contributed by atoms with van der Waals surface area (Å²) < 4.78 is 6.71. The highest BCUT2D eigenvalue weighted by Gasteiger charge is 1.98. The van der Waals surface area contributed by atoms with Gasteiger partial charge in [-0.1, -0.05) is 5.10 Å². The number of rotatable bonds is 6. The maximum absolute atomic E-state index is 5.25. The number of nitrogens with one attached hydrogen (secondary N) is 1. The van der Waals surface area contributed by atoms with Gasteiger partial charge in [0.05, 0.1) is 13.2 Å². The summed E-state index contributed by atoms with van der Waals surface area (Å²) in [5.74, 6) is 0.636. The molecule has 1 rings (SSSR count). The second kappa shape index (κ2) is 5.44. The van der Waals surface area contributed by atoms with Crippen LogP contribution in [0, 0.1) is 0 Å². The van der Waals surface area contributed by atoms with Gasteiger partial charge in [0.15, 0.2) is 0 Å². The van der Waals surface area contributed by atoms with Gasteiger partial charge in [0.25, 0.3) is 0 Å². The maximum Gasteiger partial charge on any atom is 0.242 e. The van der Waals surface area contributed by atoms with E-state index in [9.17, 15) is 0 Å². The van der Waals surface area contributed by atoms with Crippen LogP contribution in [0.5, 0.6) is 0 Å². The molecule has 7 heteroatoms. The van der Waals surface area contributed by atoms with Gasteiger partial charge >= 0.3 is 0 Å². The number of hydrogen-bond donors (Lipinski definition) is 2. The molecule has 0 saturated carbocycles. The van der Waals surface area contributed by atoms with Gasteiger partial charge in [0, 0.05) is 20.1 Å². The van der Waals surface area contributed by atoms with Crippen molar-refractivity contribution < 1.29 is 4.74 Å². The zero-order valence-electron chi connectivity index (χ0n) is 7.60. The molecule has 13 heavy (non-hydrogen) atoms. The predicted molar refractivity (Wildman–Crippen MR) is 47.2 cm³/mol. The highest BCUT2D eigenvalue weighted by atomic mass is 16.5. The summed E-state index contributed by atoms with van der Waals surface area (Å²) in [5.41, 5.74) is 5.25. The van der Waals surface area contributed by atoms with E-state index in [0.717, 1.165) is 0 Å². The second-order valence-corrected chi connectivity index (χ2v) is 2.45. The van der Waals surface area contributed by atoms with Gasteiger partial charge in [-0.25, -0.2) is 4.68 Å². The largest absolute Gasteiger partial charge is 0.378 e. The molecular formula is C6H14N6O. The lowest BCUT2D eigenvalue weighted by atomic mass is 10.6. The van der Waals surface area contributed by atoms with E-state index in [1.165, 1.54) is 0 Å². The fourth-order valence-corrected chi connectivity index (χ4v) is 0.800. The van der Waals surface area contributed by atoms with Crippen molar-refractivity contribution in [1.29, 1.82) is 0 Å². The number of nitrogens with two attached hydrogens (primary N) is 1. The molecule has 0 atom stereocenters. The first-order chi connectivity index (χ1) is 6.34. The van der Waals surface area contributed by atoms with Gasteiger partial charge in [-0.15, -0.1) is 0 Å². The number of anilines is 1. The van der Waals surface area contributed by atoms with E-state index in [-0.39, 0.29) is 0 Å². The number of ether oxygens (including phenoxy) is 1. The lowest BCUT2D eigenvalue weighted by molar-refractivity contribution is 0.151. The molecular weight excluding hydrogens is 172 g/mol. The van der Waals surface area contributed by atoms with Gasteiger partial charge in [-0.05, 0) is 10.4 Å². The predicted octanol–water partition coefficient (Wildman–Crippen LogP) is -1.40. The molecule has 1 aromatic rings. The van der Waals surface area contributed by atoms with Crippen molar-refractivity contribution in [2.75, 3.05) is 31.6 Å². The van der Waals surface area contributed by atoms with Crippen LogP contribution in [0.4, 0.5) is 5.95 Å². The molecule has 0 aliphatic rings. The molecule has 7 nitrogen and oxygen atoms in total. The Morgan fingerprint density at radius 3 is 3.00 bits per heavy atom. The normalized spacial score (nSPS) is 10.3. The van der Waals surface area contributed by atoms with Crippen molar-refractivity contribution in [3.05, 3.63) is 0 Å². The van der Waals surface area contributed by atoms with Crippen molar-refractivity contribution in [2.24, 2.45) is 12.8 Å². The molecule has 1 aromatic heterocycles. The van der Waals surface area contributed by atoms with Crippen LogP contribution in [-0.4, -0.2) is 46.5 Å². The Balaban J connectivity index is 2.10. The Morgan fingerprint density at radius 2 is 2.38 bits per heavy atom. The standard InChI is InChI=1S/C6H14N6O/c1-12-6(9-10-11-12)8-3-5-13-4-2-7/h2-5,7H2,1H3,(H,8,9,11). The summed E-state index contributed by atoms with van der Waals surface area (Å²) >= 11 is 0. The van der Waals surface area contributed by atoms with Crippen LogP contribution in [0.3, 0.4) is 0 Å². The molecule has 0 aromatic carbocycles. The summed E-state index contributed by atoms with van der Waals surface area (Å²) in [5, 5.41) is 13.9. The Morgan fingerprint density at radius 1 is 1.54 bits per heavy atom. The zero-order chi connectivity index (χ0) is 9.52. The molecule has 3 N–H and O–H groups in total. The van der Waals surface area contributed by atoms with E-state index >= 15 is 0 Å². The Bertz CT molecular complexity index is 237. The Labute approximate surface area is 76.2 Å².